The first-order valence-corrected chi connectivity index (χ1v) is 19.5. The van der Waals surface area contributed by atoms with Crippen molar-refractivity contribution in [3.05, 3.63) is 194 Å². The van der Waals surface area contributed by atoms with Gasteiger partial charge in [-0.3, -0.25) is 4.40 Å². The van der Waals surface area contributed by atoms with Gasteiger partial charge < -0.3 is 4.57 Å². The van der Waals surface area contributed by atoms with Crippen molar-refractivity contribution in [2.45, 2.75) is 0 Å². The molecule has 0 aliphatic carbocycles. The number of imidazole rings is 1. The van der Waals surface area contributed by atoms with Crippen molar-refractivity contribution < 1.29 is 0 Å². The molecular formula is C53H31N5. The van der Waals surface area contributed by atoms with Gasteiger partial charge in [-0.2, -0.15) is 5.26 Å². The number of pyridine rings is 2. The first-order valence-electron chi connectivity index (χ1n) is 19.5. The number of benzene rings is 8. The number of hydrogen-bond acceptors (Lipinski definition) is 3. The summed E-state index contributed by atoms with van der Waals surface area (Å²) in [5, 5.41) is 17.8. The number of para-hydroxylation sites is 2. The normalized spacial score (nSPS) is 11.8. The molecule has 0 saturated heterocycles. The van der Waals surface area contributed by atoms with E-state index in [4.69, 9.17) is 9.97 Å². The summed E-state index contributed by atoms with van der Waals surface area (Å²) in [4.78, 5) is 10.5. The molecule has 0 aliphatic heterocycles. The second-order valence-corrected chi connectivity index (χ2v) is 14.9. The summed E-state index contributed by atoms with van der Waals surface area (Å²) in [6, 6.07) is 66.2. The zero-order valence-corrected chi connectivity index (χ0v) is 31.1. The van der Waals surface area contributed by atoms with E-state index in [0.717, 1.165) is 77.5 Å². The molecule has 0 bridgehead atoms. The van der Waals surface area contributed by atoms with E-state index < -0.39 is 0 Å². The van der Waals surface area contributed by atoms with E-state index in [1.54, 1.807) is 0 Å². The van der Waals surface area contributed by atoms with Crippen molar-refractivity contribution in [3.63, 3.8) is 0 Å². The van der Waals surface area contributed by atoms with Gasteiger partial charge in [-0.1, -0.05) is 121 Å². The molecule has 12 aromatic rings. The van der Waals surface area contributed by atoms with Crippen molar-refractivity contribution in [3.8, 4) is 45.3 Å². The van der Waals surface area contributed by atoms with E-state index in [-0.39, 0.29) is 0 Å². The van der Waals surface area contributed by atoms with Crippen LogP contribution in [0, 0.1) is 11.3 Å². The van der Waals surface area contributed by atoms with Gasteiger partial charge in [0.25, 0.3) is 0 Å². The van der Waals surface area contributed by atoms with E-state index in [2.05, 4.69) is 173 Å². The third-order valence-electron chi connectivity index (χ3n) is 11.7. The monoisotopic (exact) mass is 737 g/mol. The van der Waals surface area contributed by atoms with Crippen LogP contribution in [0.25, 0.3) is 110 Å². The molecule has 5 nitrogen and oxygen atoms in total. The highest BCUT2D eigenvalue weighted by molar-refractivity contribution is 6.22. The lowest BCUT2D eigenvalue weighted by Gasteiger charge is -2.18. The van der Waals surface area contributed by atoms with Crippen LogP contribution in [0.3, 0.4) is 0 Å². The quantitative estimate of drug-likeness (QED) is 0.169. The molecule has 4 aromatic heterocycles. The molecule has 0 spiro atoms. The van der Waals surface area contributed by atoms with Crippen molar-refractivity contribution in [2.75, 3.05) is 0 Å². The van der Waals surface area contributed by atoms with Crippen LogP contribution in [0.2, 0.25) is 0 Å². The topological polar surface area (TPSA) is 58.9 Å². The molecule has 0 amide bonds. The molecule has 0 unspecified atom stereocenters. The summed E-state index contributed by atoms with van der Waals surface area (Å²) in [6.45, 7) is 0. The average Bonchev–Trinajstić information content (AvgIpc) is 3.84. The Balaban J connectivity index is 1.13. The fourth-order valence-electron chi connectivity index (χ4n) is 9.20. The number of fused-ring (bicyclic) bond motifs is 10. The van der Waals surface area contributed by atoms with Crippen LogP contribution in [-0.4, -0.2) is 18.9 Å². The smallest absolute Gasteiger partial charge is 0.138 e. The lowest BCUT2D eigenvalue weighted by Crippen LogP contribution is -1.95. The van der Waals surface area contributed by atoms with E-state index in [1.165, 1.54) is 32.7 Å². The third kappa shape index (κ3) is 4.70. The number of nitriles is 1. The number of rotatable bonds is 4. The Kier molecular flexibility index (Phi) is 6.92. The summed E-state index contributed by atoms with van der Waals surface area (Å²) < 4.78 is 4.53. The average molecular weight is 738 g/mol. The number of hydrogen-bond donors (Lipinski definition) is 0. The maximum Gasteiger partial charge on any atom is 0.138 e. The Hall–Kier alpha value is -8.07. The van der Waals surface area contributed by atoms with Crippen LogP contribution in [0.4, 0.5) is 0 Å². The number of nitrogens with zero attached hydrogens (tertiary/aromatic N) is 5. The summed E-state index contributed by atoms with van der Waals surface area (Å²) in [5.74, 6) is 0. The highest BCUT2D eigenvalue weighted by Gasteiger charge is 2.21. The lowest BCUT2D eigenvalue weighted by atomic mass is 9.86. The van der Waals surface area contributed by atoms with Crippen molar-refractivity contribution >= 4 is 70.9 Å². The Bertz CT molecular complexity index is 3630. The van der Waals surface area contributed by atoms with Gasteiger partial charge in [0, 0.05) is 33.6 Å². The minimum atomic E-state index is 0.646. The van der Waals surface area contributed by atoms with Crippen LogP contribution >= 0.6 is 0 Å². The van der Waals surface area contributed by atoms with Crippen LogP contribution in [-0.2, 0) is 0 Å². The predicted octanol–water partition coefficient (Wildman–Crippen LogP) is 13.3. The highest BCUT2D eigenvalue weighted by atomic mass is 15.0. The zero-order valence-electron chi connectivity index (χ0n) is 31.1. The predicted molar refractivity (Wildman–Crippen MR) is 238 cm³/mol. The maximum absolute atomic E-state index is 9.92. The van der Waals surface area contributed by atoms with Gasteiger partial charge in [-0.15, -0.1) is 0 Å². The van der Waals surface area contributed by atoms with Gasteiger partial charge in [0.05, 0.1) is 39.4 Å². The van der Waals surface area contributed by atoms with E-state index in [9.17, 15) is 5.26 Å². The van der Waals surface area contributed by atoms with Gasteiger partial charge in [0.15, 0.2) is 0 Å². The van der Waals surface area contributed by atoms with Gasteiger partial charge in [-0.05, 0) is 104 Å². The largest absolute Gasteiger partial charge is 0.309 e. The first-order chi connectivity index (χ1) is 28.7. The molecule has 0 aliphatic rings. The van der Waals surface area contributed by atoms with Crippen LogP contribution < -0.4 is 0 Å². The van der Waals surface area contributed by atoms with Gasteiger partial charge in [-0.25, -0.2) is 9.97 Å². The second kappa shape index (κ2) is 12.5. The molecular weight excluding hydrogens is 707 g/mol. The standard InChI is InChI=1S/C53H31N5/c54-31-33-23-26-46-43(29-33)44-30-35(24-27-47(44)58(46)37-15-5-2-6-16-37)49-38-17-7-9-19-40(38)50(41-20-10-8-18-39(41)49)36-25-28-48-56-52-42-21-11-12-22-45(42)55-51(53(52)57(48)32-36)34-13-3-1-4-14-34/h1-30,32H. The Labute approximate surface area is 332 Å². The van der Waals surface area contributed by atoms with Crippen molar-refractivity contribution in [1.82, 2.24) is 18.9 Å². The Morgan fingerprint density at radius 1 is 0.448 bits per heavy atom. The second-order valence-electron chi connectivity index (χ2n) is 14.9. The zero-order chi connectivity index (χ0) is 38.3. The van der Waals surface area contributed by atoms with Gasteiger partial charge in [0.2, 0.25) is 0 Å². The third-order valence-corrected chi connectivity index (χ3v) is 11.7. The summed E-state index contributed by atoms with van der Waals surface area (Å²) in [5.41, 5.74) is 14.2. The number of aromatic nitrogens is 4. The summed E-state index contributed by atoms with van der Waals surface area (Å²) in [7, 11) is 0. The molecule has 268 valence electrons. The maximum atomic E-state index is 9.92. The van der Waals surface area contributed by atoms with Gasteiger partial charge >= 0.3 is 0 Å². The van der Waals surface area contributed by atoms with Crippen molar-refractivity contribution in [1.29, 1.82) is 5.26 Å². The summed E-state index contributed by atoms with van der Waals surface area (Å²) in [6.07, 6.45) is 2.25. The fourth-order valence-corrected chi connectivity index (χ4v) is 9.20. The molecule has 0 fully saturated rings. The van der Waals surface area contributed by atoms with E-state index in [1.807, 2.05) is 30.3 Å². The lowest BCUT2D eigenvalue weighted by molar-refractivity contribution is 1.18. The van der Waals surface area contributed by atoms with Crippen molar-refractivity contribution in [2.24, 2.45) is 0 Å². The molecule has 0 atom stereocenters. The highest BCUT2D eigenvalue weighted by Crippen LogP contribution is 2.45. The molecule has 58 heavy (non-hydrogen) atoms. The van der Waals surface area contributed by atoms with E-state index >= 15 is 0 Å². The minimum Gasteiger partial charge on any atom is -0.309 e. The summed E-state index contributed by atoms with van der Waals surface area (Å²) >= 11 is 0. The van der Waals surface area contributed by atoms with Gasteiger partial charge in [0.1, 0.15) is 11.2 Å². The van der Waals surface area contributed by atoms with Crippen LogP contribution in [0.1, 0.15) is 5.56 Å². The minimum absolute atomic E-state index is 0.646. The molecule has 5 heteroatoms. The molecule has 8 aromatic carbocycles. The first kappa shape index (κ1) is 32.2. The molecule has 12 rings (SSSR count). The Morgan fingerprint density at radius 3 is 1.71 bits per heavy atom. The molecule has 0 saturated carbocycles. The van der Waals surface area contributed by atoms with E-state index in [0.29, 0.717) is 5.56 Å². The van der Waals surface area contributed by atoms with Crippen LogP contribution in [0.5, 0.6) is 0 Å². The SMILES string of the molecule is N#Cc1ccc2c(c1)c1cc(-c3c4ccccc4c(-c4ccc5nc6c7ccccc7nc(-c7ccccc7)c6n5c4)c4ccccc34)ccc1n2-c1ccccc1. The fraction of sp³-hybridized carbons (Fsp3) is 0. The molecule has 0 N–H and O–H groups in total. The molecule has 4 heterocycles. The van der Waals surface area contributed by atoms with Crippen LogP contribution in [0.15, 0.2) is 188 Å². The Morgan fingerprint density at radius 2 is 1.02 bits per heavy atom. The molecule has 0 radical (unpaired) electrons.